The quantitative estimate of drug-likeness (QED) is 0.694. The number of carbonyl (C=O) groups is 1. The molecule has 0 saturated heterocycles. The van der Waals surface area contributed by atoms with Crippen LogP contribution in [-0.4, -0.2) is 22.2 Å². The Bertz CT molecular complexity index is 832. The fraction of sp³-hybridized carbons (Fsp3) is 0.474. The summed E-state index contributed by atoms with van der Waals surface area (Å²) in [5, 5.41) is 23.2. The molecule has 25 heavy (non-hydrogen) atoms. The molecule has 2 aromatic rings. The standard InChI is InChI=1S/C19H25NO5/c1-11-9-16(22)25-17-12(11)5-6-15(21)13(17)10-20-14(18(23)24)7-8-19(2,3)4/h5-6,9,14,20-21H,7-8,10H2,1-4H3,(H,23,24)/t14-/m0/s1. The number of rotatable bonds is 6. The molecule has 0 radical (unpaired) electrons. The maximum atomic E-state index is 11.7. The van der Waals surface area contributed by atoms with Gasteiger partial charge >= 0.3 is 11.6 Å². The van der Waals surface area contributed by atoms with Crippen LogP contribution in [0.15, 0.2) is 27.4 Å². The fourth-order valence-corrected chi connectivity index (χ4v) is 2.72. The van der Waals surface area contributed by atoms with Gasteiger partial charge in [-0.2, -0.15) is 0 Å². The van der Waals surface area contributed by atoms with Gasteiger partial charge in [0, 0.05) is 18.0 Å². The highest BCUT2D eigenvalue weighted by molar-refractivity contribution is 5.85. The number of benzene rings is 1. The number of fused-ring (bicyclic) bond motifs is 1. The smallest absolute Gasteiger partial charge is 0.336 e. The molecule has 0 unspecified atom stereocenters. The first kappa shape index (κ1) is 19.0. The van der Waals surface area contributed by atoms with E-state index in [0.717, 1.165) is 17.4 Å². The second kappa shape index (κ2) is 7.27. The Balaban J connectivity index is 2.28. The number of nitrogens with one attached hydrogen (secondary N) is 1. The van der Waals surface area contributed by atoms with Gasteiger partial charge in [-0.15, -0.1) is 0 Å². The van der Waals surface area contributed by atoms with Gasteiger partial charge in [-0.25, -0.2) is 4.79 Å². The number of aryl methyl sites for hydroxylation is 1. The number of carboxylic acid groups (broad SMARTS) is 1. The lowest BCUT2D eigenvalue weighted by Crippen LogP contribution is -2.37. The van der Waals surface area contributed by atoms with Gasteiger partial charge in [-0.3, -0.25) is 4.79 Å². The van der Waals surface area contributed by atoms with Gasteiger partial charge in [-0.1, -0.05) is 20.8 Å². The van der Waals surface area contributed by atoms with Crippen LogP contribution >= 0.6 is 0 Å². The molecule has 6 nitrogen and oxygen atoms in total. The number of phenols is 1. The number of aliphatic carboxylic acids is 1. The van der Waals surface area contributed by atoms with E-state index in [0.29, 0.717) is 12.0 Å². The van der Waals surface area contributed by atoms with Gasteiger partial charge in [0.1, 0.15) is 17.4 Å². The van der Waals surface area contributed by atoms with Crippen LogP contribution in [0.25, 0.3) is 11.0 Å². The normalized spacial score (nSPS) is 13.1. The topological polar surface area (TPSA) is 99.8 Å². The van der Waals surface area contributed by atoms with Crippen molar-refractivity contribution in [3.05, 3.63) is 39.7 Å². The van der Waals surface area contributed by atoms with Gasteiger partial charge in [0.2, 0.25) is 0 Å². The lowest BCUT2D eigenvalue weighted by molar-refractivity contribution is -0.139. The van der Waals surface area contributed by atoms with E-state index in [1.165, 1.54) is 12.1 Å². The second-order valence-corrected chi connectivity index (χ2v) is 7.56. The molecule has 0 spiro atoms. The summed E-state index contributed by atoms with van der Waals surface area (Å²) in [5.74, 6) is -0.977. The Kier molecular flexibility index (Phi) is 5.52. The fourth-order valence-electron chi connectivity index (χ4n) is 2.72. The zero-order valence-corrected chi connectivity index (χ0v) is 15.0. The highest BCUT2D eigenvalue weighted by Crippen LogP contribution is 2.28. The molecule has 0 saturated carbocycles. The van der Waals surface area contributed by atoms with Gasteiger partial charge < -0.3 is 19.9 Å². The largest absolute Gasteiger partial charge is 0.507 e. The van der Waals surface area contributed by atoms with Crippen LogP contribution in [0.3, 0.4) is 0 Å². The zero-order valence-electron chi connectivity index (χ0n) is 15.0. The molecule has 1 atom stereocenters. The predicted molar refractivity (Wildman–Crippen MR) is 95.8 cm³/mol. The summed E-state index contributed by atoms with van der Waals surface area (Å²) in [5.41, 5.74) is 0.952. The first-order chi connectivity index (χ1) is 11.6. The van der Waals surface area contributed by atoms with Crippen LogP contribution in [0.5, 0.6) is 5.75 Å². The van der Waals surface area contributed by atoms with Crippen molar-refractivity contribution in [1.82, 2.24) is 5.32 Å². The SMILES string of the molecule is Cc1cc(=O)oc2c(CN[C@@H](CCC(C)(C)C)C(=O)O)c(O)ccc12. The molecule has 0 aliphatic rings. The van der Waals surface area contributed by atoms with E-state index in [1.807, 2.05) is 0 Å². The Morgan fingerprint density at radius 3 is 2.60 bits per heavy atom. The monoisotopic (exact) mass is 347 g/mol. The van der Waals surface area contributed by atoms with E-state index < -0.39 is 17.6 Å². The van der Waals surface area contributed by atoms with Crippen molar-refractivity contribution in [2.24, 2.45) is 5.41 Å². The Hall–Kier alpha value is -2.34. The number of hydrogen-bond acceptors (Lipinski definition) is 5. The average Bonchev–Trinajstić information content (AvgIpc) is 2.47. The van der Waals surface area contributed by atoms with Gasteiger partial charge in [-0.05, 0) is 42.9 Å². The molecular formula is C19H25NO5. The molecule has 0 fully saturated rings. The third-order valence-electron chi connectivity index (χ3n) is 4.20. The highest BCUT2D eigenvalue weighted by Gasteiger charge is 2.22. The van der Waals surface area contributed by atoms with E-state index in [-0.39, 0.29) is 23.3 Å². The minimum Gasteiger partial charge on any atom is -0.507 e. The van der Waals surface area contributed by atoms with Crippen LogP contribution in [0, 0.1) is 12.3 Å². The van der Waals surface area contributed by atoms with Crippen molar-refractivity contribution < 1.29 is 19.4 Å². The van der Waals surface area contributed by atoms with Gasteiger partial charge in [0.15, 0.2) is 0 Å². The molecule has 0 amide bonds. The van der Waals surface area contributed by atoms with Crippen LogP contribution < -0.4 is 10.9 Å². The van der Waals surface area contributed by atoms with E-state index >= 15 is 0 Å². The molecule has 1 heterocycles. The molecule has 2 rings (SSSR count). The summed E-state index contributed by atoms with van der Waals surface area (Å²) in [6, 6.07) is 3.85. The predicted octanol–water partition coefficient (Wildman–Crippen LogP) is 3.18. The van der Waals surface area contributed by atoms with Gasteiger partial charge in [0.05, 0.1) is 5.56 Å². The maximum Gasteiger partial charge on any atom is 0.336 e. The Labute approximate surface area is 146 Å². The summed E-state index contributed by atoms with van der Waals surface area (Å²) in [6.45, 7) is 8.05. The first-order valence-corrected chi connectivity index (χ1v) is 8.30. The minimum atomic E-state index is -0.943. The van der Waals surface area contributed by atoms with Crippen LogP contribution in [-0.2, 0) is 11.3 Å². The molecule has 0 bridgehead atoms. The summed E-state index contributed by atoms with van der Waals surface area (Å²) in [4.78, 5) is 23.2. The second-order valence-electron chi connectivity index (χ2n) is 7.56. The lowest BCUT2D eigenvalue weighted by Gasteiger charge is -2.22. The van der Waals surface area contributed by atoms with Gasteiger partial charge in [0.25, 0.3) is 0 Å². The summed E-state index contributed by atoms with van der Waals surface area (Å²) >= 11 is 0. The molecule has 6 heteroatoms. The van der Waals surface area contributed by atoms with Crippen molar-refractivity contribution >= 4 is 16.9 Å². The lowest BCUT2D eigenvalue weighted by atomic mass is 9.88. The first-order valence-electron chi connectivity index (χ1n) is 8.30. The molecule has 0 aliphatic carbocycles. The number of hydrogen-bond donors (Lipinski definition) is 3. The Morgan fingerprint density at radius 2 is 2.00 bits per heavy atom. The molecule has 1 aromatic carbocycles. The molecule has 3 N–H and O–H groups in total. The van der Waals surface area contributed by atoms with Crippen LogP contribution in [0.1, 0.15) is 44.7 Å². The third-order valence-corrected chi connectivity index (χ3v) is 4.20. The van der Waals surface area contributed by atoms with Crippen molar-refractivity contribution in [2.75, 3.05) is 0 Å². The molecule has 1 aromatic heterocycles. The maximum absolute atomic E-state index is 11.7. The van der Waals surface area contributed by atoms with E-state index in [1.54, 1.807) is 13.0 Å². The number of carboxylic acids is 1. The van der Waals surface area contributed by atoms with E-state index in [4.69, 9.17) is 4.42 Å². The zero-order chi connectivity index (χ0) is 18.8. The van der Waals surface area contributed by atoms with E-state index in [9.17, 15) is 19.8 Å². The molecule has 136 valence electrons. The van der Waals surface area contributed by atoms with Crippen molar-refractivity contribution in [1.29, 1.82) is 0 Å². The minimum absolute atomic E-state index is 0.0286. The van der Waals surface area contributed by atoms with Crippen molar-refractivity contribution in [3.63, 3.8) is 0 Å². The van der Waals surface area contributed by atoms with Crippen molar-refractivity contribution in [2.45, 2.75) is 53.1 Å². The number of aromatic hydroxyl groups is 1. The highest BCUT2D eigenvalue weighted by atomic mass is 16.4. The Morgan fingerprint density at radius 1 is 1.32 bits per heavy atom. The summed E-state index contributed by atoms with van der Waals surface area (Å²) in [7, 11) is 0. The molecular weight excluding hydrogens is 322 g/mol. The van der Waals surface area contributed by atoms with Crippen molar-refractivity contribution in [3.8, 4) is 5.75 Å². The van der Waals surface area contributed by atoms with Crippen LogP contribution in [0.4, 0.5) is 0 Å². The number of phenolic OH excluding ortho intramolecular Hbond substituents is 1. The van der Waals surface area contributed by atoms with E-state index in [2.05, 4.69) is 26.1 Å². The van der Waals surface area contributed by atoms with Crippen LogP contribution in [0.2, 0.25) is 0 Å². The average molecular weight is 347 g/mol. The summed E-state index contributed by atoms with van der Waals surface area (Å²) in [6.07, 6.45) is 1.21. The summed E-state index contributed by atoms with van der Waals surface area (Å²) < 4.78 is 5.26. The third kappa shape index (κ3) is 4.82. The molecule has 0 aliphatic heterocycles.